The number of nitrogens with zero attached hydrogens (tertiary/aromatic N) is 3. The predicted molar refractivity (Wildman–Crippen MR) is 95.5 cm³/mol. The van der Waals surface area contributed by atoms with Crippen LogP contribution in [0.1, 0.15) is 56.4 Å². The summed E-state index contributed by atoms with van der Waals surface area (Å²) in [6.45, 7) is 2.84. The van der Waals surface area contributed by atoms with Gasteiger partial charge in [0.1, 0.15) is 5.01 Å². The van der Waals surface area contributed by atoms with E-state index in [-0.39, 0.29) is 30.2 Å². The summed E-state index contributed by atoms with van der Waals surface area (Å²) in [5, 5.41) is 12.8. The summed E-state index contributed by atoms with van der Waals surface area (Å²) in [5.41, 5.74) is 0. The normalized spacial score (nSPS) is 23.0. The standard InChI is InChI=1S/C17H26N4O3S/c1-11(10-24-2)21-9-13(8-14(21)22)15(23)18-17-20-19-16(25-17)12-6-4-3-5-7-12/h11-13H,3-10H2,1-2H3,(H,18,20,23). The maximum Gasteiger partial charge on any atom is 0.231 e. The van der Waals surface area contributed by atoms with E-state index in [9.17, 15) is 9.59 Å². The number of nitrogens with one attached hydrogen (secondary N) is 1. The molecule has 2 amide bonds. The average Bonchev–Trinajstić information content (AvgIpc) is 3.23. The molecule has 0 spiro atoms. The Morgan fingerprint density at radius 3 is 2.84 bits per heavy atom. The molecule has 2 unspecified atom stereocenters. The van der Waals surface area contributed by atoms with E-state index in [2.05, 4.69) is 15.5 Å². The molecule has 0 bridgehead atoms. The molecular formula is C17H26N4O3S. The first-order valence-electron chi connectivity index (χ1n) is 9.01. The molecule has 0 radical (unpaired) electrons. The molecule has 1 aliphatic heterocycles. The predicted octanol–water partition coefficient (Wildman–Crippen LogP) is 2.41. The first-order valence-corrected chi connectivity index (χ1v) is 9.82. The molecule has 1 aliphatic carbocycles. The van der Waals surface area contributed by atoms with Crippen LogP contribution in [0.25, 0.3) is 0 Å². The quantitative estimate of drug-likeness (QED) is 0.836. The summed E-state index contributed by atoms with van der Waals surface area (Å²) >= 11 is 1.47. The third-order valence-electron chi connectivity index (χ3n) is 5.09. The third kappa shape index (κ3) is 4.36. The molecular weight excluding hydrogens is 340 g/mol. The number of methoxy groups -OCH3 is 1. The Hall–Kier alpha value is -1.54. The monoisotopic (exact) mass is 366 g/mol. The summed E-state index contributed by atoms with van der Waals surface area (Å²) in [5.74, 6) is 0.000788. The van der Waals surface area contributed by atoms with E-state index < -0.39 is 0 Å². The fourth-order valence-electron chi connectivity index (χ4n) is 3.67. The highest BCUT2D eigenvalue weighted by Crippen LogP contribution is 2.35. The van der Waals surface area contributed by atoms with Crippen LogP contribution in [0.15, 0.2) is 0 Å². The highest BCUT2D eigenvalue weighted by molar-refractivity contribution is 7.15. The summed E-state index contributed by atoms with van der Waals surface area (Å²) in [6, 6.07) is -0.0188. The topological polar surface area (TPSA) is 84.4 Å². The van der Waals surface area contributed by atoms with Gasteiger partial charge in [-0.3, -0.25) is 9.59 Å². The summed E-state index contributed by atoms with van der Waals surface area (Å²) < 4.78 is 5.11. The number of rotatable bonds is 6. The van der Waals surface area contributed by atoms with Gasteiger partial charge in [0, 0.05) is 26.0 Å². The van der Waals surface area contributed by atoms with Crippen LogP contribution < -0.4 is 5.32 Å². The largest absolute Gasteiger partial charge is 0.383 e. The second kappa shape index (κ2) is 8.23. The van der Waals surface area contributed by atoms with Gasteiger partial charge in [-0.05, 0) is 19.8 Å². The fraction of sp³-hybridized carbons (Fsp3) is 0.765. The fourth-order valence-corrected chi connectivity index (χ4v) is 4.59. The smallest absolute Gasteiger partial charge is 0.231 e. The lowest BCUT2D eigenvalue weighted by molar-refractivity contribution is -0.130. The zero-order valence-electron chi connectivity index (χ0n) is 14.9. The van der Waals surface area contributed by atoms with E-state index in [1.165, 1.54) is 30.6 Å². The minimum Gasteiger partial charge on any atom is -0.383 e. The van der Waals surface area contributed by atoms with Crippen molar-refractivity contribution in [2.24, 2.45) is 5.92 Å². The third-order valence-corrected chi connectivity index (χ3v) is 6.10. The molecule has 1 saturated carbocycles. The number of anilines is 1. The van der Waals surface area contributed by atoms with Gasteiger partial charge in [0.05, 0.1) is 18.6 Å². The number of likely N-dealkylation sites (tertiary alicyclic amines) is 1. The number of carbonyl (C=O) groups excluding carboxylic acids is 2. The van der Waals surface area contributed by atoms with Crippen LogP contribution in [-0.2, 0) is 14.3 Å². The Morgan fingerprint density at radius 2 is 2.12 bits per heavy atom. The van der Waals surface area contributed by atoms with Gasteiger partial charge < -0.3 is 15.0 Å². The van der Waals surface area contributed by atoms with Crippen LogP contribution >= 0.6 is 11.3 Å². The molecule has 25 heavy (non-hydrogen) atoms. The highest BCUT2D eigenvalue weighted by atomic mass is 32.1. The number of ether oxygens (including phenoxy) is 1. The van der Waals surface area contributed by atoms with Gasteiger partial charge >= 0.3 is 0 Å². The van der Waals surface area contributed by atoms with Gasteiger partial charge in [0.15, 0.2) is 0 Å². The second-order valence-electron chi connectivity index (χ2n) is 7.02. The Morgan fingerprint density at radius 1 is 1.36 bits per heavy atom. The van der Waals surface area contributed by atoms with Crippen molar-refractivity contribution in [1.29, 1.82) is 0 Å². The van der Waals surface area contributed by atoms with Gasteiger partial charge in [-0.1, -0.05) is 30.6 Å². The molecule has 1 N–H and O–H groups in total. The maximum absolute atomic E-state index is 12.5. The Labute approximate surface area is 152 Å². The number of aromatic nitrogens is 2. The minimum atomic E-state index is -0.339. The SMILES string of the molecule is COCC(C)N1CC(C(=O)Nc2nnc(C3CCCCC3)s2)CC1=O. The van der Waals surface area contributed by atoms with E-state index in [1.54, 1.807) is 12.0 Å². The van der Waals surface area contributed by atoms with Crippen LogP contribution in [0, 0.1) is 5.92 Å². The van der Waals surface area contributed by atoms with Crippen molar-refractivity contribution < 1.29 is 14.3 Å². The average molecular weight is 366 g/mol. The van der Waals surface area contributed by atoms with Crippen LogP contribution in [0.5, 0.6) is 0 Å². The van der Waals surface area contributed by atoms with Gasteiger partial charge in [-0.25, -0.2) is 0 Å². The molecule has 1 aromatic rings. The van der Waals surface area contributed by atoms with Gasteiger partial charge in [0.2, 0.25) is 16.9 Å². The van der Waals surface area contributed by atoms with Crippen molar-refractivity contribution in [2.75, 3.05) is 25.6 Å². The van der Waals surface area contributed by atoms with Crippen LogP contribution in [0.3, 0.4) is 0 Å². The molecule has 1 aromatic heterocycles. The molecule has 2 atom stereocenters. The van der Waals surface area contributed by atoms with Crippen molar-refractivity contribution in [3.63, 3.8) is 0 Å². The highest BCUT2D eigenvalue weighted by Gasteiger charge is 2.37. The summed E-state index contributed by atoms with van der Waals surface area (Å²) in [6.07, 6.45) is 6.34. The van der Waals surface area contributed by atoms with Gasteiger partial charge in [0.25, 0.3) is 0 Å². The minimum absolute atomic E-state index is 0.00450. The molecule has 3 rings (SSSR count). The first kappa shape index (κ1) is 18.3. The Bertz CT molecular complexity index is 615. The van der Waals surface area contributed by atoms with Crippen molar-refractivity contribution in [2.45, 2.75) is 57.4 Å². The van der Waals surface area contributed by atoms with E-state index in [0.29, 0.717) is 24.2 Å². The molecule has 2 fully saturated rings. The maximum atomic E-state index is 12.5. The molecule has 138 valence electrons. The van der Waals surface area contributed by atoms with Crippen LogP contribution in [0.4, 0.5) is 5.13 Å². The Kier molecular flexibility index (Phi) is 6.01. The van der Waals surface area contributed by atoms with E-state index >= 15 is 0 Å². The van der Waals surface area contributed by atoms with E-state index in [1.807, 2.05) is 6.92 Å². The van der Waals surface area contributed by atoms with Gasteiger partial charge in [-0.15, -0.1) is 10.2 Å². The Balaban J connectivity index is 1.56. The molecule has 7 nitrogen and oxygen atoms in total. The second-order valence-corrected chi connectivity index (χ2v) is 8.03. The molecule has 1 saturated heterocycles. The van der Waals surface area contributed by atoms with Gasteiger partial charge in [-0.2, -0.15) is 0 Å². The number of hydrogen-bond donors (Lipinski definition) is 1. The molecule has 2 heterocycles. The van der Waals surface area contributed by atoms with Crippen molar-refractivity contribution in [3.8, 4) is 0 Å². The molecule has 2 aliphatic rings. The zero-order chi connectivity index (χ0) is 17.8. The summed E-state index contributed by atoms with van der Waals surface area (Å²) in [4.78, 5) is 26.3. The van der Waals surface area contributed by atoms with E-state index in [4.69, 9.17) is 4.74 Å². The van der Waals surface area contributed by atoms with E-state index in [0.717, 1.165) is 17.8 Å². The first-order chi connectivity index (χ1) is 12.1. The molecule has 0 aromatic carbocycles. The van der Waals surface area contributed by atoms with Crippen molar-refractivity contribution >= 4 is 28.3 Å². The molecule has 8 heteroatoms. The summed E-state index contributed by atoms with van der Waals surface area (Å²) in [7, 11) is 1.61. The van der Waals surface area contributed by atoms with Crippen LogP contribution in [0.2, 0.25) is 0 Å². The number of hydrogen-bond acceptors (Lipinski definition) is 6. The zero-order valence-corrected chi connectivity index (χ0v) is 15.7. The number of amides is 2. The lowest BCUT2D eigenvalue weighted by Crippen LogP contribution is -2.38. The lowest BCUT2D eigenvalue weighted by atomic mass is 9.90. The lowest BCUT2D eigenvalue weighted by Gasteiger charge is -2.23. The number of carbonyl (C=O) groups is 2. The van der Waals surface area contributed by atoms with Crippen molar-refractivity contribution in [1.82, 2.24) is 15.1 Å². The van der Waals surface area contributed by atoms with Crippen LogP contribution in [-0.4, -0.2) is 53.2 Å². The van der Waals surface area contributed by atoms with Crippen molar-refractivity contribution in [3.05, 3.63) is 5.01 Å².